The first-order valence-electron chi connectivity index (χ1n) is 5.45. The van der Waals surface area contributed by atoms with E-state index in [-0.39, 0.29) is 17.8 Å². The third-order valence-corrected chi connectivity index (χ3v) is 2.50. The van der Waals surface area contributed by atoms with Crippen LogP contribution in [0.2, 0.25) is 0 Å². The highest BCUT2D eigenvalue weighted by atomic mass is 16.5. The summed E-state index contributed by atoms with van der Waals surface area (Å²) in [6.45, 7) is 0.905. The maximum Gasteiger partial charge on any atom is 0.253 e. The number of methoxy groups -OCH3 is 1. The fraction of sp³-hybridized carbons (Fsp3) is 0.417. The maximum atomic E-state index is 11.9. The van der Waals surface area contributed by atoms with Gasteiger partial charge in [-0.1, -0.05) is 6.07 Å². The molecule has 0 aliphatic carbocycles. The summed E-state index contributed by atoms with van der Waals surface area (Å²) in [6, 6.07) is 4.85. The van der Waals surface area contributed by atoms with Crippen molar-refractivity contribution < 1.29 is 19.7 Å². The van der Waals surface area contributed by atoms with Gasteiger partial charge in [-0.05, 0) is 19.1 Å². The molecule has 0 radical (unpaired) electrons. The molecule has 0 aliphatic heterocycles. The molecule has 1 atom stereocenters. The molecule has 1 aromatic carbocycles. The van der Waals surface area contributed by atoms with Gasteiger partial charge in [-0.25, -0.2) is 0 Å². The molecule has 100 valence electrons. The van der Waals surface area contributed by atoms with Gasteiger partial charge in [0, 0.05) is 6.54 Å². The number of carbonyl (C=O) groups excluding carboxylic acids is 1. The van der Waals surface area contributed by atoms with Crippen LogP contribution in [0.25, 0.3) is 0 Å². The van der Waals surface area contributed by atoms with Crippen molar-refractivity contribution in [2.75, 3.05) is 26.0 Å². The quantitative estimate of drug-likeness (QED) is 0.542. The topological polar surface area (TPSA) is 105 Å². The minimum Gasteiger partial charge on any atom is -0.495 e. The van der Waals surface area contributed by atoms with Gasteiger partial charge in [0.05, 0.1) is 25.0 Å². The molecule has 5 N–H and O–H groups in total. The van der Waals surface area contributed by atoms with Gasteiger partial charge in [0.2, 0.25) is 0 Å². The average Bonchev–Trinajstić information content (AvgIpc) is 2.36. The highest BCUT2D eigenvalue weighted by Gasteiger charge is 2.21. The van der Waals surface area contributed by atoms with Gasteiger partial charge in [-0.15, -0.1) is 0 Å². The van der Waals surface area contributed by atoms with Crippen molar-refractivity contribution in [2.45, 2.75) is 12.5 Å². The van der Waals surface area contributed by atoms with Crippen molar-refractivity contribution in [1.82, 2.24) is 5.32 Å². The first-order chi connectivity index (χ1) is 8.41. The van der Waals surface area contributed by atoms with Gasteiger partial charge in [0.15, 0.2) is 0 Å². The van der Waals surface area contributed by atoms with Crippen molar-refractivity contribution in [3.05, 3.63) is 23.8 Å². The van der Waals surface area contributed by atoms with E-state index < -0.39 is 18.1 Å². The molecule has 1 aromatic rings. The molecule has 0 bridgehead atoms. The summed E-state index contributed by atoms with van der Waals surface area (Å²) >= 11 is 0. The third-order valence-electron chi connectivity index (χ3n) is 2.50. The van der Waals surface area contributed by atoms with Crippen LogP contribution >= 0.6 is 0 Å². The lowest BCUT2D eigenvalue weighted by Crippen LogP contribution is -2.43. The van der Waals surface area contributed by atoms with Crippen LogP contribution in [-0.2, 0) is 0 Å². The summed E-state index contributed by atoms with van der Waals surface area (Å²) in [5, 5.41) is 20.9. The minimum absolute atomic E-state index is 0.0705. The molecule has 0 saturated heterocycles. The Bertz CT molecular complexity index is 432. The fourth-order valence-electron chi connectivity index (χ4n) is 1.34. The number of benzene rings is 1. The highest BCUT2D eigenvalue weighted by molar-refractivity contribution is 6.00. The number of hydrogen-bond acceptors (Lipinski definition) is 5. The maximum absolute atomic E-state index is 11.9. The van der Waals surface area contributed by atoms with E-state index >= 15 is 0 Å². The van der Waals surface area contributed by atoms with E-state index in [1.54, 1.807) is 18.2 Å². The molecular weight excluding hydrogens is 236 g/mol. The van der Waals surface area contributed by atoms with Crippen molar-refractivity contribution in [2.24, 2.45) is 0 Å². The Labute approximate surface area is 105 Å². The van der Waals surface area contributed by atoms with E-state index in [1.807, 2.05) is 0 Å². The predicted octanol–water partition coefficient (Wildman–Crippen LogP) is -0.250. The molecule has 18 heavy (non-hydrogen) atoms. The standard InChI is InChI=1S/C12H18N2O4/c1-12(17,7-15)6-14-11(16)8-4-3-5-9(18-2)10(8)13/h3-5,15,17H,6-7,13H2,1-2H3,(H,14,16). The zero-order valence-corrected chi connectivity index (χ0v) is 10.4. The number of aliphatic hydroxyl groups is 2. The van der Waals surface area contributed by atoms with E-state index in [9.17, 15) is 9.90 Å². The Kier molecular flexibility index (Phi) is 4.52. The first-order valence-corrected chi connectivity index (χ1v) is 5.45. The summed E-state index contributed by atoms with van der Waals surface area (Å²) in [7, 11) is 1.46. The van der Waals surface area contributed by atoms with Crippen LogP contribution in [0.3, 0.4) is 0 Å². The Balaban J connectivity index is 2.79. The summed E-state index contributed by atoms with van der Waals surface area (Å²) in [5.74, 6) is -0.0170. The predicted molar refractivity (Wildman–Crippen MR) is 67.4 cm³/mol. The Morgan fingerprint density at radius 3 is 2.78 bits per heavy atom. The molecule has 6 heteroatoms. The second kappa shape index (κ2) is 5.70. The van der Waals surface area contributed by atoms with Gasteiger partial charge in [0.1, 0.15) is 11.4 Å². The SMILES string of the molecule is COc1cccc(C(=O)NCC(C)(O)CO)c1N. The van der Waals surface area contributed by atoms with Crippen molar-refractivity contribution in [3.8, 4) is 5.75 Å². The zero-order valence-electron chi connectivity index (χ0n) is 10.4. The molecule has 6 nitrogen and oxygen atoms in total. The molecule has 0 heterocycles. The number of amides is 1. The van der Waals surface area contributed by atoms with Gasteiger partial charge < -0.3 is 26.0 Å². The van der Waals surface area contributed by atoms with E-state index in [2.05, 4.69) is 5.32 Å². The molecular formula is C12H18N2O4. The van der Waals surface area contributed by atoms with Crippen LogP contribution in [0, 0.1) is 0 Å². The molecule has 0 aromatic heterocycles. The highest BCUT2D eigenvalue weighted by Crippen LogP contribution is 2.24. The number of anilines is 1. The number of nitrogens with two attached hydrogens (primary N) is 1. The largest absolute Gasteiger partial charge is 0.495 e. The number of carbonyl (C=O) groups is 1. The van der Waals surface area contributed by atoms with Crippen molar-refractivity contribution in [1.29, 1.82) is 0 Å². The normalized spacial score (nSPS) is 13.8. The average molecular weight is 254 g/mol. The summed E-state index contributed by atoms with van der Waals surface area (Å²) in [4.78, 5) is 11.9. The first kappa shape index (κ1) is 14.3. The molecule has 1 amide bonds. The lowest BCUT2D eigenvalue weighted by Gasteiger charge is -2.21. The van der Waals surface area contributed by atoms with Crippen molar-refractivity contribution in [3.63, 3.8) is 0 Å². The fourth-order valence-corrected chi connectivity index (χ4v) is 1.34. The zero-order chi connectivity index (χ0) is 13.8. The Morgan fingerprint density at radius 2 is 2.22 bits per heavy atom. The molecule has 0 saturated carbocycles. The van der Waals surface area contributed by atoms with Crippen LogP contribution < -0.4 is 15.8 Å². The van der Waals surface area contributed by atoms with Gasteiger partial charge in [-0.2, -0.15) is 0 Å². The second-order valence-corrected chi connectivity index (χ2v) is 4.26. The third kappa shape index (κ3) is 3.35. The molecule has 0 fully saturated rings. The summed E-state index contributed by atoms with van der Waals surface area (Å²) < 4.78 is 5.01. The Morgan fingerprint density at radius 1 is 1.56 bits per heavy atom. The number of para-hydroxylation sites is 1. The van der Waals surface area contributed by atoms with Gasteiger partial charge in [-0.3, -0.25) is 4.79 Å². The van der Waals surface area contributed by atoms with E-state index in [4.69, 9.17) is 15.6 Å². The number of nitrogen functional groups attached to an aromatic ring is 1. The van der Waals surface area contributed by atoms with Crippen molar-refractivity contribution >= 4 is 11.6 Å². The lowest BCUT2D eigenvalue weighted by atomic mass is 10.1. The summed E-state index contributed by atoms with van der Waals surface area (Å²) in [6.07, 6.45) is 0. The number of nitrogens with one attached hydrogen (secondary N) is 1. The number of aliphatic hydroxyl groups excluding tert-OH is 1. The van der Waals surface area contributed by atoms with E-state index in [1.165, 1.54) is 14.0 Å². The van der Waals surface area contributed by atoms with Crippen LogP contribution in [-0.4, -0.2) is 42.0 Å². The van der Waals surface area contributed by atoms with Crippen LogP contribution in [0.5, 0.6) is 5.75 Å². The van der Waals surface area contributed by atoms with Gasteiger partial charge >= 0.3 is 0 Å². The Hall–Kier alpha value is -1.79. The molecule has 0 spiro atoms. The summed E-state index contributed by atoms with van der Waals surface area (Å²) in [5.41, 5.74) is 4.91. The lowest BCUT2D eigenvalue weighted by molar-refractivity contribution is 0.00320. The number of hydrogen-bond donors (Lipinski definition) is 4. The molecule has 1 rings (SSSR count). The monoisotopic (exact) mass is 254 g/mol. The molecule has 1 unspecified atom stereocenters. The number of rotatable bonds is 5. The smallest absolute Gasteiger partial charge is 0.253 e. The number of ether oxygens (including phenoxy) is 1. The minimum atomic E-state index is -1.36. The van der Waals surface area contributed by atoms with Crippen LogP contribution in [0.1, 0.15) is 17.3 Å². The van der Waals surface area contributed by atoms with E-state index in [0.29, 0.717) is 5.75 Å². The van der Waals surface area contributed by atoms with Gasteiger partial charge in [0.25, 0.3) is 5.91 Å². The van der Waals surface area contributed by atoms with Crippen LogP contribution in [0.4, 0.5) is 5.69 Å². The van der Waals surface area contributed by atoms with E-state index in [0.717, 1.165) is 0 Å². The molecule has 0 aliphatic rings. The second-order valence-electron chi connectivity index (χ2n) is 4.26. The van der Waals surface area contributed by atoms with Crippen LogP contribution in [0.15, 0.2) is 18.2 Å².